The van der Waals surface area contributed by atoms with Crippen molar-refractivity contribution in [3.05, 3.63) is 108 Å². The second kappa shape index (κ2) is 10.8. The highest BCUT2D eigenvalue weighted by molar-refractivity contribution is 5.35. The van der Waals surface area contributed by atoms with Crippen LogP contribution in [0.3, 0.4) is 0 Å². The quantitative estimate of drug-likeness (QED) is 0.422. The van der Waals surface area contributed by atoms with Crippen molar-refractivity contribution in [2.45, 2.75) is 51.2 Å². The van der Waals surface area contributed by atoms with Crippen molar-refractivity contribution in [2.75, 3.05) is 0 Å². The first-order valence-electron chi connectivity index (χ1n) is 11.3. The van der Waals surface area contributed by atoms with Gasteiger partial charge in [0, 0.05) is 18.7 Å². The SMILES string of the molecule is C(#C[C@H](C1CCCCC1)N(Cc1ccccc1)Cc1ccccc1)c1ccccc1. The van der Waals surface area contributed by atoms with Crippen LogP contribution < -0.4 is 0 Å². The standard InChI is InChI=1S/C29H31N/c1-5-13-25(14-6-1)21-22-29(28-19-11-4-12-20-28)30(23-26-15-7-2-8-16-26)24-27-17-9-3-10-18-27/h1-3,5-10,13-18,28-29H,4,11-12,19-20,23-24H2/t29-/m1/s1. The second-order valence-corrected chi connectivity index (χ2v) is 8.35. The Kier molecular flexibility index (Phi) is 7.37. The summed E-state index contributed by atoms with van der Waals surface area (Å²) in [6.07, 6.45) is 6.60. The Morgan fingerprint density at radius 3 is 1.70 bits per heavy atom. The van der Waals surface area contributed by atoms with E-state index in [4.69, 9.17) is 0 Å². The third kappa shape index (κ3) is 5.85. The molecule has 1 fully saturated rings. The van der Waals surface area contributed by atoms with E-state index in [-0.39, 0.29) is 6.04 Å². The maximum atomic E-state index is 3.72. The third-order valence-corrected chi connectivity index (χ3v) is 6.08. The summed E-state index contributed by atoms with van der Waals surface area (Å²) in [7, 11) is 0. The molecule has 0 aliphatic heterocycles. The molecule has 0 unspecified atom stereocenters. The van der Waals surface area contributed by atoms with Gasteiger partial charge >= 0.3 is 0 Å². The predicted molar refractivity (Wildman–Crippen MR) is 126 cm³/mol. The van der Waals surface area contributed by atoms with E-state index >= 15 is 0 Å². The topological polar surface area (TPSA) is 3.24 Å². The van der Waals surface area contributed by atoms with Gasteiger partial charge in [-0.3, -0.25) is 4.90 Å². The fraction of sp³-hybridized carbons (Fsp3) is 0.310. The van der Waals surface area contributed by atoms with Crippen molar-refractivity contribution in [1.82, 2.24) is 4.90 Å². The molecule has 1 nitrogen and oxygen atoms in total. The highest BCUT2D eigenvalue weighted by Gasteiger charge is 2.28. The number of hydrogen-bond donors (Lipinski definition) is 0. The Balaban J connectivity index is 1.66. The molecule has 0 amide bonds. The fourth-order valence-corrected chi connectivity index (χ4v) is 4.52. The molecule has 0 bridgehead atoms. The summed E-state index contributed by atoms with van der Waals surface area (Å²) in [5, 5.41) is 0. The van der Waals surface area contributed by atoms with Crippen LogP contribution in [0.15, 0.2) is 91.0 Å². The van der Waals surface area contributed by atoms with Crippen LogP contribution in [0.5, 0.6) is 0 Å². The zero-order valence-corrected chi connectivity index (χ0v) is 17.7. The molecule has 30 heavy (non-hydrogen) atoms. The second-order valence-electron chi connectivity index (χ2n) is 8.35. The van der Waals surface area contributed by atoms with Crippen molar-refractivity contribution >= 4 is 0 Å². The van der Waals surface area contributed by atoms with Gasteiger partial charge in [0.2, 0.25) is 0 Å². The molecule has 3 aromatic carbocycles. The van der Waals surface area contributed by atoms with Gasteiger partial charge in [0.1, 0.15) is 0 Å². The summed E-state index contributed by atoms with van der Waals surface area (Å²) in [6.45, 7) is 1.86. The lowest BCUT2D eigenvalue weighted by molar-refractivity contribution is 0.141. The normalized spacial score (nSPS) is 15.4. The number of benzene rings is 3. The molecule has 152 valence electrons. The van der Waals surface area contributed by atoms with Crippen LogP contribution in [0.25, 0.3) is 0 Å². The fourth-order valence-electron chi connectivity index (χ4n) is 4.52. The van der Waals surface area contributed by atoms with Crippen LogP contribution >= 0.6 is 0 Å². The Hall–Kier alpha value is -2.82. The summed E-state index contributed by atoms with van der Waals surface area (Å²) in [5.74, 6) is 7.87. The first-order valence-corrected chi connectivity index (χ1v) is 11.3. The molecule has 1 saturated carbocycles. The van der Waals surface area contributed by atoms with Crippen LogP contribution in [-0.4, -0.2) is 10.9 Å². The van der Waals surface area contributed by atoms with Crippen LogP contribution in [0, 0.1) is 17.8 Å². The maximum absolute atomic E-state index is 3.72. The molecule has 0 N–H and O–H groups in total. The van der Waals surface area contributed by atoms with E-state index in [0.29, 0.717) is 5.92 Å². The van der Waals surface area contributed by atoms with Crippen LogP contribution in [0.4, 0.5) is 0 Å². The molecule has 1 aliphatic carbocycles. The predicted octanol–water partition coefficient (Wildman–Crippen LogP) is 6.69. The molecule has 0 radical (unpaired) electrons. The number of rotatable bonds is 6. The van der Waals surface area contributed by atoms with Gasteiger partial charge in [-0.2, -0.15) is 0 Å². The third-order valence-electron chi connectivity index (χ3n) is 6.08. The number of hydrogen-bond acceptors (Lipinski definition) is 1. The van der Waals surface area contributed by atoms with E-state index in [2.05, 4.69) is 108 Å². The highest BCUT2D eigenvalue weighted by atomic mass is 15.2. The minimum atomic E-state index is 0.269. The largest absolute Gasteiger partial charge is 0.281 e. The van der Waals surface area contributed by atoms with Gasteiger partial charge < -0.3 is 0 Å². The lowest BCUT2D eigenvalue weighted by Gasteiger charge is -2.36. The van der Waals surface area contributed by atoms with Crippen LogP contribution in [0.1, 0.15) is 48.8 Å². The molecule has 0 saturated heterocycles. The van der Waals surface area contributed by atoms with Gasteiger partial charge in [0.15, 0.2) is 0 Å². The average molecular weight is 394 g/mol. The number of nitrogens with zero attached hydrogens (tertiary/aromatic N) is 1. The first-order chi connectivity index (χ1) is 14.9. The van der Waals surface area contributed by atoms with Gasteiger partial charge in [-0.25, -0.2) is 0 Å². The van der Waals surface area contributed by atoms with Gasteiger partial charge in [-0.15, -0.1) is 0 Å². The summed E-state index contributed by atoms with van der Waals surface area (Å²) >= 11 is 0. The van der Waals surface area contributed by atoms with E-state index < -0.39 is 0 Å². The van der Waals surface area contributed by atoms with Crippen molar-refractivity contribution in [2.24, 2.45) is 5.92 Å². The molecule has 3 aromatic rings. The van der Waals surface area contributed by atoms with Crippen LogP contribution in [0.2, 0.25) is 0 Å². The molecule has 0 spiro atoms. The lowest BCUT2D eigenvalue weighted by Crippen LogP contribution is -2.40. The highest BCUT2D eigenvalue weighted by Crippen LogP contribution is 2.30. The summed E-state index contributed by atoms with van der Waals surface area (Å²) in [6, 6.07) is 32.4. The van der Waals surface area contributed by atoms with E-state index in [1.807, 2.05) is 0 Å². The maximum Gasteiger partial charge on any atom is 0.0752 e. The Labute approximate surface area is 181 Å². The Bertz CT molecular complexity index is 890. The summed E-state index contributed by atoms with van der Waals surface area (Å²) in [5.41, 5.74) is 3.82. The van der Waals surface area contributed by atoms with E-state index in [1.165, 1.54) is 43.2 Å². The van der Waals surface area contributed by atoms with Crippen molar-refractivity contribution in [3.63, 3.8) is 0 Å². The Morgan fingerprint density at radius 1 is 0.667 bits per heavy atom. The van der Waals surface area contributed by atoms with Gasteiger partial charge in [0.05, 0.1) is 6.04 Å². The van der Waals surface area contributed by atoms with Crippen molar-refractivity contribution in [3.8, 4) is 11.8 Å². The molecule has 0 aromatic heterocycles. The van der Waals surface area contributed by atoms with Crippen molar-refractivity contribution < 1.29 is 0 Å². The monoisotopic (exact) mass is 393 g/mol. The average Bonchev–Trinajstić information content (AvgIpc) is 2.82. The summed E-state index contributed by atoms with van der Waals surface area (Å²) < 4.78 is 0. The zero-order valence-electron chi connectivity index (χ0n) is 17.7. The van der Waals surface area contributed by atoms with E-state index in [1.54, 1.807) is 0 Å². The first kappa shape index (κ1) is 20.5. The minimum Gasteiger partial charge on any atom is -0.281 e. The van der Waals surface area contributed by atoms with E-state index in [0.717, 1.165) is 18.7 Å². The zero-order chi connectivity index (χ0) is 20.4. The molecule has 1 heteroatoms. The van der Waals surface area contributed by atoms with Gasteiger partial charge in [0.25, 0.3) is 0 Å². The van der Waals surface area contributed by atoms with E-state index in [9.17, 15) is 0 Å². The Morgan fingerprint density at radius 2 is 1.17 bits per heavy atom. The minimum absolute atomic E-state index is 0.269. The molecule has 0 heterocycles. The molecule has 1 aliphatic rings. The molecule has 1 atom stereocenters. The van der Waals surface area contributed by atoms with Crippen LogP contribution in [-0.2, 0) is 13.1 Å². The van der Waals surface area contributed by atoms with Gasteiger partial charge in [-0.1, -0.05) is 110 Å². The molecular formula is C29H31N. The molecular weight excluding hydrogens is 362 g/mol. The molecule has 4 rings (SSSR count). The van der Waals surface area contributed by atoms with Gasteiger partial charge in [-0.05, 0) is 42.0 Å². The smallest absolute Gasteiger partial charge is 0.0752 e. The lowest BCUT2D eigenvalue weighted by atomic mass is 9.83. The van der Waals surface area contributed by atoms with Crippen molar-refractivity contribution in [1.29, 1.82) is 0 Å². The summed E-state index contributed by atoms with van der Waals surface area (Å²) in [4.78, 5) is 2.61.